The number of halogens is 1. The smallest absolute Gasteiger partial charge is 0.153 e. The molecule has 0 bridgehead atoms. The summed E-state index contributed by atoms with van der Waals surface area (Å²) in [6, 6.07) is 6.46. The Kier molecular flexibility index (Phi) is 3.04. The first-order valence-electron chi connectivity index (χ1n) is 5.42. The van der Waals surface area contributed by atoms with Crippen LogP contribution in [0.1, 0.15) is 30.2 Å². The zero-order valence-corrected chi connectivity index (χ0v) is 9.72. The second-order valence-electron chi connectivity index (χ2n) is 4.08. The maximum absolute atomic E-state index is 13.8. The molecule has 0 aliphatic carbocycles. The lowest BCUT2D eigenvalue weighted by Crippen LogP contribution is -2.06. The molecule has 2 rings (SSSR count). The third-order valence-corrected chi connectivity index (χ3v) is 2.57. The molecule has 17 heavy (non-hydrogen) atoms. The standard InChI is InChI=1S/C13H13FN2O/c1-9(2)16-13(10(8-17)7-15-16)11-5-3-4-6-12(11)14/h3-9H,1-2H3. The lowest BCUT2D eigenvalue weighted by atomic mass is 10.1. The molecule has 0 amide bonds. The summed E-state index contributed by atoms with van der Waals surface area (Å²) in [5, 5.41) is 4.12. The summed E-state index contributed by atoms with van der Waals surface area (Å²) in [4.78, 5) is 11.0. The Balaban J connectivity index is 2.69. The number of carbonyl (C=O) groups excluding carboxylic acids is 1. The van der Waals surface area contributed by atoms with Crippen LogP contribution in [0.25, 0.3) is 11.3 Å². The van der Waals surface area contributed by atoms with Gasteiger partial charge < -0.3 is 0 Å². The third kappa shape index (κ3) is 1.98. The number of benzene rings is 1. The lowest BCUT2D eigenvalue weighted by Gasteiger charge is -2.12. The highest BCUT2D eigenvalue weighted by atomic mass is 19.1. The van der Waals surface area contributed by atoms with Gasteiger partial charge in [-0.2, -0.15) is 5.10 Å². The van der Waals surface area contributed by atoms with Crippen molar-refractivity contribution >= 4 is 6.29 Å². The molecule has 2 aromatic rings. The molecular weight excluding hydrogens is 219 g/mol. The van der Waals surface area contributed by atoms with Gasteiger partial charge in [-0.1, -0.05) is 12.1 Å². The van der Waals surface area contributed by atoms with Gasteiger partial charge >= 0.3 is 0 Å². The van der Waals surface area contributed by atoms with Crippen molar-refractivity contribution in [3.8, 4) is 11.3 Å². The van der Waals surface area contributed by atoms with Gasteiger partial charge in [0.25, 0.3) is 0 Å². The van der Waals surface area contributed by atoms with Crippen LogP contribution in [0.15, 0.2) is 30.5 Å². The van der Waals surface area contributed by atoms with Crippen LogP contribution in [0.5, 0.6) is 0 Å². The quantitative estimate of drug-likeness (QED) is 0.762. The van der Waals surface area contributed by atoms with Crippen molar-refractivity contribution in [1.29, 1.82) is 0 Å². The average molecular weight is 232 g/mol. The van der Waals surface area contributed by atoms with Gasteiger partial charge in [-0.15, -0.1) is 0 Å². The molecule has 0 aliphatic heterocycles. The van der Waals surface area contributed by atoms with E-state index in [1.54, 1.807) is 22.9 Å². The first-order valence-corrected chi connectivity index (χ1v) is 5.42. The van der Waals surface area contributed by atoms with E-state index in [4.69, 9.17) is 0 Å². The van der Waals surface area contributed by atoms with Crippen LogP contribution in [0.3, 0.4) is 0 Å². The topological polar surface area (TPSA) is 34.9 Å². The molecule has 0 saturated carbocycles. The number of hydrogen-bond acceptors (Lipinski definition) is 2. The predicted octanol–water partition coefficient (Wildman–Crippen LogP) is 3.08. The molecule has 88 valence electrons. The van der Waals surface area contributed by atoms with Crippen molar-refractivity contribution in [2.24, 2.45) is 0 Å². The molecule has 0 radical (unpaired) electrons. The molecular formula is C13H13FN2O. The summed E-state index contributed by atoms with van der Waals surface area (Å²) >= 11 is 0. The van der Waals surface area contributed by atoms with Gasteiger partial charge in [0.1, 0.15) is 5.82 Å². The van der Waals surface area contributed by atoms with Crippen LogP contribution >= 0.6 is 0 Å². The van der Waals surface area contributed by atoms with Crippen LogP contribution in [0.4, 0.5) is 4.39 Å². The Morgan fingerprint density at radius 2 is 2.06 bits per heavy atom. The predicted molar refractivity (Wildman–Crippen MR) is 63.4 cm³/mol. The Bertz CT molecular complexity index is 546. The highest BCUT2D eigenvalue weighted by Crippen LogP contribution is 2.27. The van der Waals surface area contributed by atoms with E-state index in [9.17, 15) is 9.18 Å². The van der Waals surface area contributed by atoms with E-state index in [1.165, 1.54) is 12.3 Å². The molecule has 0 atom stereocenters. The van der Waals surface area contributed by atoms with Gasteiger partial charge in [-0.25, -0.2) is 4.39 Å². The summed E-state index contributed by atoms with van der Waals surface area (Å²) in [5.74, 6) is -0.349. The highest BCUT2D eigenvalue weighted by molar-refractivity contribution is 5.85. The van der Waals surface area contributed by atoms with Crippen molar-refractivity contribution < 1.29 is 9.18 Å². The molecule has 4 heteroatoms. The minimum absolute atomic E-state index is 0.0679. The van der Waals surface area contributed by atoms with Crippen LogP contribution in [-0.2, 0) is 0 Å². The van der Waals surface area contributed by atoms with Crippen LogP contribution < -0.4 is 0 Å². The van der Waals surface area contributed by atoms with Crippen molar-refractivity contribution in [3.05, 3.63) is 41.8 Å². The summed E-state index contributed by atoms with van der Waals surface area (Å²) in [5.41, 5.74) is 1.35. The monoisotopic (exact) mass is 232 g/mol. The number of rotatable bonds is 3. The van der Waals surface area contributed by atoms with Crippen molar-refractivity contribution in [2.75, 3.05) is 0 Å². The molecule has 1 aromatic heterocycles. The molecule has 0 N–H and O–H groups in total. The van der Waals surface area contributed by atoms with Crippen LogP contribution in [0.2, 0.25) is 0 Å². The van der Waals surface area contributed by atoms with E-state index in [0.29, 0.717) is 23.1 Å². The summed E-state index contributed by atoms with van der Waals surface area (Å²) in [6.07, 6.45) is 2.17. The number of aromatic nitrogens is 2. The SMILES string of the molecule is CC(C)n1ncc(C=O)c1-c1ccccc1F. The molecule has 3 nitrogen and oxygen atoms in total. The average Bonchev–Trinajstić information content (AvgIpc) is 2.73. The molecule has 1 heterocycles. The molecule has 0 saturated heterocycles. The summed E-state index contributed by atoms with van der Waals surface area (Å²) < 4.78 is 15.4. The van der Waals surface area contributed by atoms with E-state index in [1.807, 2.05) is 13.8 Å². The first kappa shape index (κ1) is 11.5. The fraction of sp³-hybridized carbons (Fsp3) is 0.231. The summed E-state index contributed by atoms with van der Waals surface area (Å²) in [6.45, 7) is 3.87. The largest absolute Gasteiger partial charge is 0.298 e. The van der Waals surface area contributed by atoms with E-state index in [2.05, 4.69) is 5.10 Å². The number of hydrogen-bond donors (Lipinski definition) is 0. The second-order valence-corrected chi connectivity index (χ2v) is 4.08. The van der Waals surface area contributed by atoms with Gasteiger partial charge in [0.2, 0.25) is 0 Å². The van der Waals surface area contributed by atoms with E-state index >= 15 is 0 Å². The van der Waals surface area contributed by atoms with E-state index < -0.39 is 0 Å². The first-order chi connectivity index (χ1) is 8.15. The maximum atomic E-state index is 13.8. The minimum Gasteiger partial charge on any atom is -0.298 e. The highest BCUT2D eigenvalue weighted by Gasteiger charge is 2.17. The molecule has 0 aliphatic rings. The fourth-order valence-electron chi connectivity index (χ4n) is 1.79. The van der Waals surface area contributed by atoms with Gasteiger partial charge in [-0.05, 0) is 26.0 Å². The van der Waals surface area contributed by atoms with Gasteiger partial charge in [0.05, 0.1) is 17.5 Å². The zero-order valence-electron chi connectivity index (χ0n) is 9.72. The van der Waals surface area contributed by atoms with Crippen molar-refractivity contribution in [3.63, 3.8) is 0 Å². The van der Waals surface area contributed by atoms with Gasteiger partial charge in [0.15, 0.2) is 6.29 Å². The molecule has 1 aromatic carbocycles. The van der Waals surface area contributed by atoms with Gasteiger partial charge in [-0.3, -0.25) is 9.48 Å². The Morgan fingerprint density at radius 3 is 2.65 bits per heavy atom. The Labute approximate surface area is 98.9 Å². The summed E-state index contributed by atoms with van der Waals surface area (Å²) in [7, 11) is 0. The number of nitrogens with zero attached hydrogens (tertiary/aromatic N) is 2. The van der Waals surface area contributed by atoms with Crippen LogP contribution in [0, 0.1) is 5.82 Å². The molecule has 0 fully saturated rings. The lowest BCUT2D eigenvalue weighted by molar-refractivity contribution is 0.112. The zero-order chi connectivity index (χ0) is 12.4. The second kappa shape index (κ2) is 4.49. The number of carbonyl (C=O) groups is 1. The van der Waals surface area contributed by atoms with E-state index in [-0.39, 0.29) is 11.9 Å². The minimum atomic E-state index is -0.349. The molecule has 0 unspecified atom stereocenters. The normalized spacial score (nSPS) is 10.8. The third-order valence-electron chi connectivity index (χ3n) is 2.57. The molecule has 0 spiro atoms. The van der Waals surface area contributed by atoms with Crippen molar-refractivity contribution in [2.45, 2.75) is 19.9 Å². The van der Waals surface area contributed by atoms with Gasteiger partial charge in [0, 0.05) is 11.6 Å². The maximum Gasteiger partial charge on any atom is 0.153 e. The van der Waals surface area contributed by atoms with E-state index in [0.717, 1.165) is 0 Å². The van der Waals surface area contributed by atoms with Crippen molar-refractivity contribution in [1.82, 2.24) is 9.78 Å². The van der Waals surface area contributed by atoms with Crippen LogP contribution in [-0.4, -0.2) is 16.1 Å². The number of aldehydes is 1. The Hall–Kier alpha value is -1.97. The Morgan fingerprint density at radius 1 is 1.35 bits per heavy atom. The fourth-order valence-corrected chi connectivity index (χ4v) is 1.79.